The van der Waals surface area contributed by atoms with Crippen LogP contribution in [-0.4, -0.2) is 75.0 Å². The molecular weight excluding hydrogens is 388 g/mol. The van der Waals surface area contributed by atoms with Crippen molar-refractivity contribution in [1.29, 1.82) is 0 Å². The van der Waals surface area contributed by atoms with Gasteiger partial charge in [-0.15, -0.1) is 11.8 Å². The highest BCUT2D eigenvalue weighted by molar-refractivity contribution is 8.04. The number of aromatic amines is 1. The van der Waals surface area contributed by atoms with Crippen LogP contribution in [0, 0.1) is 12.8 Å². The molecule has 2 aromatic rings. The van der Waals surface area contributed by atoms with Gasteiger partial charge in [-0.05, 0) is 31.2 Å². The minimum absolute atomic E-state index is 0.0658. The number of likely N-dealkylation sites (tertiary alicyclic amines) is 2. The Hall–Kier alpha value is -2.55. The summed E-state index contributed by atoms with van der Waals surface area (Å²) in [5.74, 6) is 2.12. The third-order valence-electron chi connectivity index (χ3n) is 6.24. The topological polar surface area (TPSA) is 85.4 Å². The number of piperidine rings is 1. The molecule has 0 spiro atoms. The van der Waals surface area contributed by atoms with Crippen LogP contribution in [0.1, 0.15) is 18.4 Å². The second kappa shape index (κ2) is 7.37. The molecule has 5 heterocycles. The lowest BCUT2D eigenvalue weighted by Gasteiger charge is -2.33. The molecule has 0 bridgehead atoms. The van der Waals surface area contributed by atoms with Gasteiger partial charge in [-0.1, -0.05) is 0 Å². The molecule has 29 heavy (non-hydrogen) atoms. The number of amides is 2. The predicted molar refractivity (Wildman–Crippen MR) is 112 cm³/mol. The Morgan fingerprint density at radius 2 is 2.21 bits per heavy atom. The van der Waals surface area contributed by atoms with Gasteiger partial charge in [0, 0.05) is 44.3 Å². The summed E-state index contributed by atoms with van der Waals surface area (Å²) < 4.78 is 0. The third kappa shape index (κ3) is 3.17. The van der Waals surface area contributed by atoms with Crippen molar-refractivity contribution in [2.75, 3.05) is 36.8 Å². The first kappa shape index (κ1) is 18.5. The number of nitrogens with one attached hydrogen (secondary N) is 1. The van der Waals surface area contributed by atoms with E-state index in [2.05, 4.69) is 19.9 Å². The number of rotatable bonds is 3. The summed E-state index contributed by atoms with van der Waals surface area (Å²) in [6.07, 6.45) is 8.48. The van der Waals surface area contributed by atoms with Gasteiger partial charge in [0.05, 0.1) is 16.3 Å². The van der Waals surface area contributed by atoms with E-state index in [-0.39, 0.29) is 11.9 Å². The normalized spacial score (nSPS) is 24.6. The van der Waals surface area contributed by atoms with Gasteiger partial charge in [-0.3, -0.25) is 9.59 Å². The summed E-state index contributed by atoms with van der Waals surface area (Å²) in [7, 11) is 0. The monoisotopic (exact) mass is 412 g/mol. The zero-order chi connectivity index (χ0) is 20.0. The molecule has 2 unspecified atom stereocenters. The quantitative estimate of drug-likeness (QED) is 0.773. The van der Waals surface area contributed by atoms with Crippen LogP contribution in [0.15, 0.2) is 23.6 Å². The van der Waals surface area contributed by atoms with Gasteiger partial charge in [0.2, 0.25) is 6.41 Å². The number of carbonyl (C=O) groups is 2. The SMILES string of the molecule is Cc1c[nH]c2ncnc(N3C=C(C(=O)N4CC5CCCN(C=O)C5C4)SCC3)c12. The van der Waals surface area contributed by atoms with E-state index in [4.69, 9.17) is 0 Å². The van der Waals surface area contributed by atoms with Crippen LogP contribution in [0.2, 0.25) is 0 Å². The zero-order valence-electron chi connectivity index (χ0n) is 16.4. The highest BCUT2D eigenvalue weighted by Gasteiger charge is 2.41. The predicted octanol–water partition coefficient (Wildman–Crippen LogP) is 1.74. The molecule has 1 N–H and O–H groups in total. The number of fused-ring (bicyclic) bond motifs is 2. The molecule has 5 rings (SSSR count). The van der Waals surface area contributed by atoms with E-state index in [9.17, 15) is 9.59 Å². The van der Waals surface area contributed by atoms with Crippen LogP contribution in [0.4, 0.5) is 5.82 Å². The van der Waals surface area contributed by atoms with Gasteiger partial charge in [0.1, 0.15) is 17.8 Å². The smallest absolute Gasteiger partial charge is 0.261 e. The Kier molecular flexibility index (Phi) is 4.69. The summed E-state index contributed by atoms with van der Waals surface area (Å²) in [5.41, 5.74) is 1.90. The molecule has 9 heteroatoms. The molecule has 3 aliphatic rings. The number of hydrogen-bond donors (Lipinski definition) is 1. The van der Waals surface area contributed by atoms with E-state index in [1.54, 1.807) is 18.1 Å². The summed E-state index contributed by atoms with van der Waals surface area (Å²) >= 11 is 1.60. The lowest BCUT2D eigenvalue weighted by atomic mass is 9.93. The summed E-state index contributed by atoms with van der Waals surface area (Å²) in [5, 5.41) is 0.997. The van der Waals surface area contributed by atoms with E-state index in [0.717, 1.165) is 72.0 Å². The molecule has 0 radical (unpaired) electrons. The molecule has 2 atom stereocenters. The Balaban J connectivity index is 1.40. The van der Waals surface area contributed by atoms with Crippen LogP contribution in [-0.2, 0) is 9.59 Å². The number of carbonyl (C=O) groups excluding carboxylic acids is 2. The maximum Gasteiger partial charge on any atom is 0.261 e. The van der Waals surface area contributed by atoms with E-state index >= 15 is 0 Å². The molecule has 2 fully saturated rings. The van der Waals surface area contributed by atoms with E-state index in [1.807, 2.05) is 29.1 Å². The largest absolute Gasteiger partial charge is 0.346 e. The van der Waals surface area contributed by atoms with E-state index < -0.39 is 0 Å². The number of hydrogen-bond acceptors (Lipinski definition) is 6. The van der Waals surface area contributed by atoms with Gasteiger partial charge in [-0.25, -0.2) is 9.97 Å². The Bertz CT molecular complexity index is 989. The van der Waals surface area contributed by atoms with Crippen LogP contribution in [0.5, 0.6) is 0 Å². The maximum atomic E-state index is 13.3. The van der Waals surface area contributed by atoms with Crippen molar-refractivity contribution in [2.24, 2.45) is 5.92 Å². The van der Waals surface area contributed by atoms with Crippen molar-refractivity contribution in [1.82, 2.24) is 24.8 Å². The zero-order valence-corrected chi connectivity index (χ0v) is 17.2. The number of nitrogens with zero attached hydrogens (tertiary/aromatic N) is 5. The average molecular weight is 413 g/mol. The molecule has 0 aromatic carbocycles. The first-order valence-corrected chi connectivity index (χ1v) is 11.0. The minimum atomic E-state index is 0.0658. The number of anilines is 1. The highest BCUT2D eigenvalue weighted by Crippen LogP contribution is 2.34. The van der Waals surface area contributed by atoms with Crippen molar-refractivity contribution in [3.05, 3.63) is 29.2 Å². The molecule has 2 saturated heterocycles. The van der Waals surface area contributed by atoms with Crippen molar-refractivity contribution in [3.63, 3.8) is 0 Å². The van der Waals surface area contributed by atoms with Crippen molar-refractivity contribution >= 4 is 40.9 Å². The number of aromatic nitrogens is 3. The molecule has 8 nitrogen and oxygen atoms in total. The second-order valence-electron chi connectivity index (χ2n) is 7.95. The van der Waals surface area contributed by atoms with E-state index in [1.165, 1.54) is 0 Å². The summed E-state index contributed by atoms with van der Waals surface area (Å²) in [6, 6.07) is 0.166. The average Bonchev–Trinajstić information content (AvgIpc) is 3.37. The van der Waals surface area contributed by atoms with E-state index in [0.29, 0.717) is 12.5 Å². The Morgan fingerprint density at radius 1 is 1.31 bits per heavy atom. The lowest BCUT2D eigenvalue weighted by Crippen LogP contribution is -2.44. The lowest BCUT2D eigenvalue weighted by molar-refractivity contribution is -0.126. The Labute approximate surface area is 173 Å². The molecule has 0 aliphatic carbocycles. The number of H-pyrrole nitrogens is 1. The van der Waals surface area contributed by atoms with Gasteiger partial charge in [0.15, 0.2) is 0 Å². The number of aryl methyl sites for hydroxylation is 1. The minimum Gasteiger partial charge on any atom is -0.346 e. The summed E-state index contributed by atoms with van der Waals surface area (Å²) in [6.45, 7) is 5.00. The first-order chi connectivity index (χ1) is 14.2. The molecule has 0 saturated carbocycles. The van der Waals surface area contributed by atoms with Crippen molar-refractivity contribution in [3.8, 4) is 0 Å². The molecule has 152 valence electrons. The van der Waals surface area contributed by atoms with Crippen molar-refractivity contribution < 1.29 is 9.59 Å². The first-order valence-electron chi connectivity index (χ1n) is 10.1. The third-order valence-corrected chi connectivity index (χ3v) is 7.22. The van der Waals surface area contributed by atoms with Crippen LogP contribution in [0.3, 0.4) is 0 Å². The molecule has 2 aromatic heterocycles. The van der Waals surface area contributed by atoms with Gasteiger partial charge in [0.25, 0.3) is 5.91 Å². The number of thioether (sulfide) groups is 1. The fourth-order valence-corrected chi connectivity index (χ4v) is 5.73. The molecule has 2 amide bonds. The van der Waals surface area contributed by atoms with Crippen LogP contribution < -0.4 is 4.90 Å². The molecule has 3 aliphatic heterocycles. The van der Waals surface area contributed by atoms with Gasteiger partial charge >= 0.3 is 0 Å². The highest BCUT2D eigenvalue weighted by atomic mass is 32.2. The van der Waals surface area contributed by atoms with Crippen molar-refractivity contribution in [2.45, 2.75) is 25.8 Å². The maximum absolute atomic E-state index is 13.3. The van der Waals surface area contributed by atoms with Gasteiger partial charge < -0.3 is 19.7 Å². The fourth-order valence-electron chi connectivity index (χ4n) is 4.76. The van der Waals surface area contributed by atoms with Crippen LogP contribution in [0.25, 0.3) is 11.0 Å². The van der Waals surface area contributed by atoms with Crippen LogP contribution >= 0.6 is 11.8 Å². The Morgan fingerprint density at radius 3 is 3.07 bits per heavy atom. The van der Waals surface area contributed by atoms with Gasteiger partial charge in [-0.2, -0.15) is 0 Å². The standard InChI is InChI=1S/C20H24N6O2S/c1-13-7-21-18-17(13)19(23-11-22-18)24-5-6-29-16(10-24)20(28)26-8-14-3-2-4-25(12-27)15(14)9-26/h7,10-12,14-15H,2-6,8-9H2,1H3,(H,21,22,23). The fraction of sp³-hybridized carbons (Fsp3) is 0.500. The molecular formula is C20H24N6O2S. The summed E-state index contributed by atoms with van der Waals surface area (Å²) in [4.78, 5) is 43.2. The second-order valence-corrected chi connectivity index (χ2v) is 9.09.